The Kier molecular flexibility index (Phi) is 4.57. The monoisotopic (exact) mass is 332 g/mol. The lowest BCUT2D eigenvalue weighted by atomic mass is 10.2. The van der Waals surface area contributed by atoms with Crippen molar-refractivity contribution in [3.8, 4) is 11.8 Å². The summed E-state index contributed by atoms with van der Waals surface area (Å²) in [6.07, 6.45) is 1.40. The zero-order valence-electron chi connectivity index (χ0n) is 12.4. The first-order valence-electron chi connectivity index (χ1n) is 6.45. The first kappa shape index (κ1) is 16.4. The van der Waals surface area contributed by atoms with E-state index < -0.39 is 5.97 Å². The Balaban J connectivity index is 2.70. The van der Waals surface area contributed by atoms with Crippen LogP contribution in [0.1, 0.15) is 26.4 Å². The van der Waals surface area contributed by atoms with Gasteiger partial charge in [-0.3, -0.25) is 4.79 Å². The molecule has 0 atom stereocenters. The molecule has 0 unspecified atom stereocenters. The molecule has 0 saturated carbocycles. The van der Waals surface area contributed by atoms with Crippen molar-refractivity contribution in [1.82, 2.24) is 9.88 Å². The number of benzene rings is 1. The van der Waals surface area contributed by atoms with Gasteiger partial charge in [-0.2, -0.15) is 5.26 Å². The fraction of sp³-hybridized carbons (Fsp3) is 0.133. The molecule has 0 saturated heterocycles. The minimum Gasteiger partial charge on any atom is -0.464 e. The lowest BCUT2D eigenvalue weighted by Crippen LogP contribution is -2.19. The molecule has 0 radical (unpaired) electrons. The summed E-state index contributed by atoms with van der Waals surface area (Å²) in [6.45, 7) is 0. The second-order valence-electron chi connectivity index (χ2n) is 4.52. The van der Waals surface area contributed by atoms with Crippen molar-refractivity contribution in [3.63, 3.8) is 0 Å². The Morgan fingerprint density at radius 2 is 2.13 bits per heavy atom. The number of halogens is 1. The maximum absolute atomic E-state index is 12.0. The summed E-state index contributed by atoms with van der Waals surface area (Å²) in [5.41, 5.74) is 6.65. The largest absolute Gasteiger partial charge is 0.464 e. The van der Waals surface area contributed by atoms with Gasteiger partial charge in [-0.1, -0.05) is 11.6 Å². The molecule has 1 aromatic heterocycles. The predicted molar refractivity (Wildman–Crippen MR) is 84.6 cm³/mol. The van der Waals surface area contributed by atoms with Crippen LogP contribution in [0.15, 0.2) is 24.4 Å². The zero-order valence-corrected chi connectivity index (χ0v) is 13.1. The molecule has 2 aromatic rings. The smallest absolute Gasteiger partial charge is 0.357 e. The molecular weight excluding hydrogens is 320 g/mol. The van der Waals surface area contributed by atoms with E-state index in [1.54, 1.807) is 6.07 Å². The van der Waals surface area contributed by atoms with E-state index in [0.29, 0.717) is 5.69 Å². The van der Waals surface area contributed by atoms with Crippen molar-refractivity contribution in [2.75, 3.05) is 19.9 Å². The number of rotatable bonds is 3. The van der Waals surface area contributed by atoms with Crippen LogP contribution in [0.25, 0.3) is 5.69 Å². The number of nitrogen functional groups attached to an aromatic ring is 1. The van der Waals surface area contributed by atoms with Crippen molar-refractivity contribution in [1.29, 1.82) is 5.26 Å². The number of nitriles is 1. The zero-order chi connectivity index (χ0) is 17.1. The summed E-state index contributed by atoms with van der Waals surface area (Å²) < 4.78 is 6.10. The molecule has 0 aliphatic carbocycles. The lowest BCUT2D eigenvalue weighted by molar-refractivity contribution is 0.0593. The highest BCUT2D eigenvalue weighted by Gasteiger charge is 2.22. The summed E-state index contributed by atoms with van der Waals surface area (Å²) >= 11 is 6.01. The van der Waals surface area contributed by atoms with Gasteiger partial charge in [0, 0.05) is 18.9 Å². The van der Waals surface area contributed by atoms with Gasteiger partial charge in [-0.15, -0.1) is 0 Å². The number of anilines is 1. The van der Waals surface area contributed by atoms with Gasteiger partial charge in [-0.25, -0.2) is 4.79 Å². The molecule has 0 aliphatic heterocycles. The number of nitrogens with zero attached hydrogens (tertiary/aromatic N) is 2. The van der Waals surface area contributed by atoms with Crippen LogP contribution in [0.4, 0.5) is 5.69 Å². The third-order valence-electron chi connectivity index (χ3n) is 3.24. The van der Waals surface area contributed by atoms with Crippen LogP contribution in [0.3, 0.4) is 0 Å². The standard InChI is InChI=1S/C15H13ClN4O3/c1-19-14(21)10-5-9(3-4-11(10)16)20-7-8(6-17)12(18)13(20)15(22)23-2/h3-5,7H,18H2,1-2H3,(H,19,21). The van der Waals surface area contributed by atoms with E-state index in [0.717, 1.165) is 0 Å². The van der Waals surface area contributed by atoms with Crippen LogP contribution in [-0.2, 0) is 4.74 Å². The number of aromatic nitrogens is 1. The van der Waals surface area contributed by atoms with Crippen LogP contribution in [0, 0.1) is 11.3 Å². The highest BCUT2D eigenvalue weighted by Crippen LogP contribution is 2.27. The SMILES string of the molecule is CNC(=O)c1cc(-n2cc(C#N)c(N)c2C(=O)OC)ccc1Cl. The minimum absolute atomic E-state index is 0.00855. The number of amides is 1. The highest BCUT2D eigenvalue weighted by molar-refractivity contribution is 6.33. The fourth-order valence-electron chi connectivity index (χ4n) is 2.09. The van der Waals surface area contributed by atoms with Gasteiger partial charge in [0.05, 0.1) is 28.9 Å². The average molecular weight is 333 g/mol. The second-order valence-corrected chi connectivity index (χ2v) is 4.93. The van der Waals surface area contributed by atoms with E-state index in [-0.39, 0.29) is 33.4 Å². The molecule has 23 heavy (non-hydrogen) atoms. The summed E-state index contributed by atoms with van der Waals surface area (Å²) in [5, 5.41) is 11.8. The fourth-order valence-corrected chi connectivity index (χ4v) is 2.29. The normalized spacial score (nSPS) is 10.0. The van der Waals surface area contributed by atoms with E-state index in [9.17, 15) is 9.59 Å². The number of nitrogens with two attached hydrogens (primary N) is 1. The number of hydrogen-bond acceptors (Lipinski definition) is 5. The van der Waals surface area contributed by atoms with E-state index in [4.69, 9.17) is 27.3 Å². The van der Waals surface area contributed by atoms with Crippen molar-refractivity contribution in [2.45, 2.75) is 0 Å². The number of carbonyl (C=O) groups excluding carboxylic acids is 2. The first-order valence-corrected chi connectivity index (χ1v) is 6.83. The third kappa shape index (κ3) is 2.84. The second kappa shape index (κ2) is 6.42. The van der Waals surface area contributed by atoms with Crippen molar-refractivity contribution < 1.29 is 14.3 Å². The van der Waals surface area contributed by atoms with Gasteiger partial charge < -0.3 is 20.4 Å². The Labute approximate surface area is 137 Å². The highest BCUT2D eigenvalue weighted by atomic mass is 35.5. The Morgan fingerprint density at radius 1 is 1.43 bits per heavy atom. The molecule has 0 bridgehead atoms. The van der Waals surface area contributed by atoms with Gasteiger partial charge in [0.25, 0.3) is 5.91 Å². The van der Waals surface area contributed by atoms with Gasteiger partial charge in [0.1, 0.15) is 6.07 Å². The van der Waals surface area contributed by atoms with Crippen LogP contribution in [0.2, 0.25) is 5.02 Å². The molecule has 3 N–H and O–H groups in total. The summed E-state index contributed by atoms with van der Waals surface area (Å²) in [6, 6.07) is 6.52. The quantitative estimate of drug-likeness (QED) is 0.832. The molecule has 1 heterocycles. The maximum Gasteiger partial charge on any atom is 0.357 e. The Morgan fingerprint density at radius 3 is 2.70 bits per heavy atom. The van der Waals surface area contributed by atoms with Crippen LogP contribution >= 0.6 is 11.6 Å². The van der Waals surface area contributed by atoms with Crippen LogP contribution < -0.4 is 11.1 Å². The minimum atomic E-state index is -0.694. The van der Waals surface area contributed by atoms with Gasteiger partial charge in [0.15, 0.2) is 5.69 Å². The number of ether oxygens (including phenoxy) is 1. The lowest BCUT2D eigenvalue weighted by Gasteiger charge is -2.11. The molecule has 1 amide bonds. The Hall–Kier alpha value is -2.98. The average Bonchev–Trinajstić information content (AvgIpc) is 2.90. The van der Waals surface area contributed by atoms with Gasteiger partial charge >= 0.3 is 5.97 Å². The van der Waals surface area contributed by atoms with Crippen molar-refractivity contribution >= 4 is 29.2 Å². The number of nitrogens with one attached hydrogen (secondary N) is 1. The maximum atomic E-state index is 12.0. The van der Waals surface area contributed by atoms with Gasteiger partial charge in [-0.05, 0) is 18.2 Å². The molecule has 118 valence electrons. The van der Waals surface area contributed by atoms with Crippen molar-refractivity contribution in [2.24, 2.45) is 0 Å². The molecule has 0 aliphatic rings. The van der Waals surface area contributed by atoms with E-state index in [1.807, 2.05) is 6.07 Å². The van der Waals surface area contributed by atoms with Crippen LogP contribution in [-0.4, -0.2) is 30.6 Å². The number of carbonyl (C=O) groups is 2. The van der Waals surface area contributed by atoms with E-state index >= 15 is 0 Å². The summed E-state index contributed by atoms with van der Waals surface area (Å²) in [7, 11) is 2.69. The predicted octanol–water partition coefficient (Wildman–Crippen LogP) is 1.73. The molecule has 0 fully saturated rings. The van der Waals surface area contributed by atoms with Crippen LogP contribution in [0.5, 0.6) is 0 Å². The topological polar surface area (TPSA) is 110 Å². The molecule has 2 rings (SSSR count). The number of hydrogen-bond donors (Lipinski definition) is 2. The molecule has 1 aromatic carbocycles. The van der Waals surface area contributed by atoms with E-state index in [2.05, 4.69) is 5.32 Å². The molecular formula is C15H13ClN4O3. The third-order valence-corrected chi connectivity index (χ3v) is 3.57. The Bertz CT molecular complexity index is 836. The summed E-state index contributed by atoms with van der Waals surface area (Å²) in [5.74, 6) is -1.07. The van der Waals surface area contributed by atoms with Crippen molar-refractivity contribution in [3.05, 3.63) is 46.2 Å². The van der Waals surface area contributed by atoms with Gasteiger partial charge in [0.2, 0.25) is 0 Å². The molecule has 7 nitrogen and oxygen atoms in total. The number of methoxy groups -OCH3 is 1. The molecule has 0 spiro atoms. The molecule has 8 heteroatoms. The number of esters is 1. The summed E-state index contributed by atoms with van der Waals surface area (Å²) in [4.78, 5) is 23.8. The van der Waals surface area contributed by atoms with E-state index in [1.165, 1.54) is 37.1 Å². The first-order chi connectivity index (χ1) is 10.9.